The normalized spacial score (nSPS) is 36.1. The van der Waals surface area contributed by atoms with E-state index in [9.17, 15) is 4.79 Å². The molecule has 0 radical (unpaired) electrons. The predicted octanol–water partition coefficient (Wildman–Crippen LogP) is 0.651. The summed E-state index contributed by atoms with van der Waals surface area (Å²) in [7, 11) is 0. The molecule has 0 spiro atoms. The third-order valence-corrected chi connectivity index (χ3v) is 3.17. The van der Waals surface area contributed by atoms with Gasteiger partial charge in [-0.3, -0.25) is 4.79 Å². The molecule has 1 amide bonds. The second-order valence-electron chi connectivity index (χ2n) is 4.43. The minimum atomic E-state index is 0.106. The smallest absolute Gasteiger partial charge is 0.222 e. The van der Waals surface area contributed by atoms with E-state index in [1.165, 1.54) is 0 Å². The van der Waals surface area contributed by atoms with Gasteiger partial charge < -0.3 is 10.1 Å². The molecule has 1 saturated heterocycles. The van der Waals surface area contributed by atoms with Crippen molar-refractivity contribution >= 4 is 5.91 Å². The fraction of sp³-hybridized carbons (Fsp3) is 0.900. The number of carbonyl (C=O) groups excluding carboxylic acids is 1. The number of carbonyl (C=O) groups is 1. The molecule has 1 aliphatic carbocycles. The lowest BCUT2D eigenvalue weighted by molar-refractivity contribution is -0.124. The number of rotatable bonds is 3. The molecule has 0 bridgehead atoms. The van der Waals surface area contributed by atoms with Crippen LogP contribution in [0.25, 0.3) is 0 Å². The Hall–Kier alpha value is -0.570. The van der Waals surface area contributed by atoms with E-state index in [2.05, 4.69) is 5.32 Å². The highest BCUT2D eigenvalue weighted by molar-refractivity contribution is 5.77. The van der Waals surface area contributed by atoms with Crippen molar-refractivity contribution in [3.05, 3.63) is 0 Å². The van der Waals surface area contributed by atoms with Crippen molar-refractivity contribution in [1.29, 1.82) is 0 Å². The van der Waals surface area contributed by atoms with Gasteiger partial charge in [-0.2, -0.15) is 0 Å². The summed E-state index contributed by atoms with van der Waals surface area (Å²) in [5, 5.41) is 2.98. The summed E-state index contributed by atoms with van der Waals surface area (Å²) in [4.78, 5) is 11.3. The van der Waals surface area contributed by atoms with Crippen LogP contribution in [0.3, 0.4) is 0 Å². The quantitative estimate of drug-likeness (QED) is 0.697. The van der Waals surface area contributed by atoms with E-state index in [4.69, 9.17) is 4.74 Å². The van der Waals surface area contributed by atoms with Gasteiger partial charge in [0.15, 0.2) is 0 Å². The van der Waals surface area contributed by atoms with Crippen LogP contribution in [0.5, 0.6) is 0 Å². The Kier molecular flexibility index (Phi) is 2.28. The highest BCUT2D eigenvalue weighted by Gasteiger charge is 2.53. The van der Waals surface area contributed by atoms with Crippen LogP contribution < -0.4 is 5.32 Å². The summed E-state index contributed by atoms with van der Waals surface area (Å²) >= 11 is 0. The van der Waals surface area contributed by atoms with Gasteiger partial charge in [0.1, 0.15) is 0 Å². The molecule has 0 aromatic heterocycles. The zero-order chi connectivity index (χ0) is 9.42. The largest absolute Gasteiger partial charge is 0.381 e. The lowest BCUT2D eigenvalue weighted by Gasteiger charge is -2.08. The summed E-state index contributed by atoms with van der Waals surface area (Å²) < 4.78 is 5.28. The van der Waals surface area contributed by atoms with E-state index in [1.807, 2.05) is 13.8 Å². The molecule has 1 saturated carbocycles. The van der Waals surface area contributed by atoms with Crippen LogP contribution in [0.1, 0.15) is 13.8 Å². The Morgan fingerprint density at radius 1 is 1.46 bits per heavy atom. The third kappa shape index (κ3) is 1.70. The van der Waals surface area contributed by atoms with Gasteiger partial charge in [0.2, 0.25) is 5.91 Å². The number of hydrogen-bond donors (Lipinski definition) is 1. The maximum atomic E-state index is 11.3. The Balaban J connectivity index is 1.67. The van der Waals surface area contributed by atoms with Gasteiger partial charge in [0.05, 0.1) is 13.2 Å². The second kappa shape index (κ2) is 3.29. The first-order valence-corrected chi connectivity index (χ1v) is 5.05. The molecular weight excluding hydrogens is 166 g/mol. The van der Waals surface area contributed by atoms with Crippen molar-refractivity contribution < 1.29 is 9.53 Å². The van der Waals surface area contributed by atoms with Crippen LogP contribution in [-0.4, -0.2) is 25.7 Å². The van der Waals surface area contributed by atoms with Crippen molar-refractivity contribution in [2.75, 3.05) is 19.8 Å². The van der Waals surface area contributed by atoms with Crippen molar-refractivity contribution in [1.82, 2.24) is 5.32 Å². The van der Waals surface area contributed by atoms with Gasteiger partial charge in [-0.05, 0) is 17.8 Å². The number of fused-ring (bicyclic) bond motifs is 1. The van der Waals surface area contributed by atoms with Crippen molar-refractivity contribution in [2.45, 2.75) is 13.8 Å². The van der Waals surface area contributed by atoms with Crippen LogP contribution in [0.15, 0.2) is 0 Å². The molecule has 1 aliphatic heterocycles. The summed E-state index contributed by atoms with van der Waals surface area (Å²) in [6.45, 7) is 6.52. The van der Waals surface area contributed by atoms with E-state index < -0.39 is 0 Å². The Morgan fingerprint density at radius 2 is 2.08 bits per heavy atom. The van der Waals surface area contributed by atoms with Crippen LogP contribution in [0.2, 0.25) is 0 Å². The number of hydrogen-bond acceptors (Lipinski definition) is 2. The Bertz CT molecular complexity index is 205. The molecule has 1 heterocycles. The molecule has 2 unspecified atom stereocenters. The topological polar surface area (TPSA) is 38.3 Å². The van der Waals surface area contributed by atoms with Gasteiger partial charge >= 0.3 is 0 Å². The van der Waals surface area contributed by atoms with E-state index in [-0.39, 0.29) is 11.8 Å². The summed E-state index contributed by atoms with van der Waals surface area (Å²) in [6.07, 6.45) is 0. The standard InChI is InChI=1S/C10H17NO2/c1-6(2)10(12)11-3-7-8-4-13-5-9(7)8/h6-9H,3-5H2,1-2H3,(H,11,12). The van der Waals surface area contributed by atoms with E-state index in [0.717, 1.165) is 31.6 Å². The predicted molar refractivity (Wildman–Crippen MR) is 49.1 cm³/mol. The van der Waals surface area contributed by atoms with Gasteiger partial charge in [0, 0.05) is 12.5 Å². The molecule has 13 heavy (non-hydrogen) atoms. The van der Waals surface area contributed by atoms with E-state index in [1.54, 1.807) is 0 Å². The molecule has 0 aromatic rings. The summed E-state index contributed by atoms with van der Waals surface area (Å²) in [6, 6.07) is 0. The molecule has 0 aromatic carbocycles. The summed E-state index contributed by atoms with van der Waals surface area (Å²) in [5.74, 6) is 2.47. The van der Waals surface area contributed by atoms with Crippen molar-refractivity contribution in [3.63, 3.8) is 0 Å². The SMILES string of the molecule is CC(C)C(=O)NCC1C2COCC12. The lowest BCUT2D eigenvalue weighted by atomic mass is 10.2. The van der Waals surface area contributed by atoms with Crippen LogP contribution in [-0.2, 0) is 9.53 Å². The van der Waals surface area contributed by atoms with Crippen molar-refractivity contribution in [2.24, 2.45) is 23.7 Å². The molecule has 1 N–H and O–H groups in total. The highest BCUT2D eigenvalue weighted by Crippen LogP contribution is 2.50. The maximum Gasteiger partial charge on any atom is 0.222 e. The molecular formula is C10H17NO2. The van der Waals surface area contributed by atoms with Crippen molar-refractivity contribution in [3.8, 4) is 0 Å². The molecule has 74 valence electrons. The maximum absolute atomic E-state index is 11.3. The molecule has 3 heteroatoms. The zero-order valence-electron chi connectivity index (χ0n) is 8.25. The minimum absolute atomic E-state index is 0.106. The molecule has 2 rings (SSSR count). The van der Waals surface area contributed by atoms with Crippen LogP contribution in [0.4, 0.5) is 0 Å². The van der Waals surface area contributed by atoms with E-state index in [0.29, 0.717) is 5.92 Å². The average molecular weight is 183 g/mol. The lowest BCUT2D eigenvalue weighted by Crippen LogP contribution is -2.30. The fourth-order valence-electron chi connectivity index (χ4n) is 2.08. The monoisotopic (exact) mass is 183 g/mol. The number of ether oxygens (including phenoxy) is 1. The molecule has 2 atom stereocenters. The summed E-state index contributed by atoms with van der Waals surface area (Å²) in [5.41, 5.74) is 0. The first kappa shape index (κ1) is 9.00. The molecule has 3 nitrogen and oxygen atoms in total. The first-order chi connectivity index (χ1) is 6.20. The zero-order valence-corrected chi connectivity index (χ0v) is 8.25. The third-order valence-electron chi connectivity index (χ3n) is 3.17. The number of nitrogens with one attached hydrogen (secondary N) is 1. The second-order valence-corrected chi connectivity index (χ2v) is 4.43. The van der Waals surface area contributed by atoms with Gasteiger partial charge in [-0.15, -0.1) is 0 Å². The van der Waals surface area contributed by atoms with E-state index >= 15 is 0 Å². The van der Waals surface area contributed by atoms with Gasteiger partial charge in [0.25, 0.3) is 0 Å². The highest BCUT2D eigenvalue weighted by atomic mass is 16.5. The molecule has 2 aliphatic rings. The van der Waals surface area contributed by atoms with Crippen LogP contribution in [0, 0.1) is 23.7 Å². The van der Waals surface area contributed by atoms with Gasteiger partial charge in [-0.1, -0.05) is 13.8 Å². The Labute approximate surface area is 78.8 Å². The first-order valence-electron chi connectivity index (χ1n) is 5.05. The van der Waals surface area contributed by atoms with Gasteiger partial charge in [-0.25, -0.2) is 0 Å². The minimum Gasteiger partial charge on any atom is -0.381 e. The Morgan fingerprint density at radius 3 is 2.62 bits per heavy atom. The average Bonchev–Trinajstić information content (AvgIpc) is 2.57. The fourth-order valence-corrected chi connectivity index (χ4v) is 2.08. The van der Waals surface area contributed by atoms with Crippen LogP contribution >= 0.6 is 0 Å². The molecule has 2 fully saturated rings. The number of amides is 1.